The van der Waals surface area contributed by atoms with Crippen LogP contribution in [0.15, 0.2) is 10.7 Å². The first-order valence-electron chi connectivity index (χ1n) is 8.21. The van der Waals surface area contributed by atoms with E-state index in [-0.39, 0.29) is 11.3 Å². The van der Waals surface area contributed by atoms with Crippen molar-refractivity contribution in [2.75, 3.05) is 20.2 Å². The van der Waals surface area contributed by atoms with Crippen molar-refractivity contribution < 1.29 is 14.1 Å². The highest BCUT2D eigenvalue weighted by Gasteiger charge is 2.55. The zero-order valence-corrected chi connectivity index (χ0v) is 14.2. The molecule has 0 spiro atoms. The lowest BCUT2D eigenvalue weighted by Crippen LogP contribution is -2.35. The maximum absolute atomic E-state index is 13.0. The van der Waals surface area contributed by atoms with Crippen molar-refractivity contribution in [3.8, 4) is 5.88 Å². The van der Waals surface area contributed by atoms with Crippen LogP contribution in [0.25, 0.3) is 0 Å². The first-order chi connectivity index (χ1) is 11.5. The summed E-state index contributed by atoms with van der Waals surface area (Å²) in [5.74, 6) is 2.12. The zero-order valence-electron chi connectivity index (χ0n) is 14.2. The van der Waals surface area contributed by atoms with Gasteiger partial charge in [-0.1, -0.05) is 11.6 Å². The van der Waals surface area contributed by atoms with Gasteiger partial charge in [-0.2, -0.15) is 10.1 Å². The molecule has 0 unspecified atom stereocenters. The molecule has 8 heteroatoms. The summed E-state index contributed by atoms with van der Waals surface area (Å²) in [7, 11) is 3.31. The summed E-state index contributed by atoms with van der Waals surface area (Å²) in [6, 6.07) is 0. The fourth-order valence-electron chi connectivity index (χ4n) is 4.28. The summed E-state index contributed by atoms with van der Waals surface area (Å²) in [4.78, 5) is 19.3. The smallest absolute Gasteiger partial charge is 0.261 e. The van der Waals surface area contributed by atoms with Gasteiger partial charge in [0.05, 0.1) is 18.7 Å². The summed E-state index contributed by atoms with van der Waals surface area (Å²) in [5.41, 5.74) is 0.295. The fourth-order valence-corrected chi connectivity index (χ4v) is 4.28. The van der Waals surface area contributed by atoms with E-state index in [1.807, 2.05) is 11.8 Å². The monoisotopic (exact) mass is 331 g/mol. The SMILES string of the molecule is COc1c(C(=O)N2C[C@@H]3CCC[C@]3(c3nc(C)no3)C2)cnn1C. The normalized spacial score (nSPS) is 26.0. The predicted molar refractivity (Wildman–Crippen MR) is 83.7 cm³/mol. The summed E-state index contributed by atoms with van der Waals surface area (Å²) < 4.78 is 12.4. The lowest BCUT2D eigenvalue weighted by Gasteiger charge is -2.24. The van der Waals surface area contributed by atoms with Gasteiger partial charge in [-0.25, -0.2) is 4.68 Å². The number of hydrogen-bond donors (Lipinski definition) is 0. The molecule has 1 aliphatic heterocycles. The number of aryl methyl sites for hydroxylation is 2. The van der Waals surface area contributed by atoms with E-state index in [2.05, 4.69) is 15.2 Å². The Kier molecular flexibility index (Phi) is 3.36. The van der Waals surface area contributed by atoms with E-state index in [0.29, 0.717) is 42.2 Å². The number of ether oxygens (including phenoxy) is 1. The molecule has 2 aliphatic rings. The van der Waals surface area contributed by atoms with Gasteiger partial charge in [0.2, 0.25) is 11.8 Å². The maximum Gasteiger partial charge on any atom is 0.261 e. The Labute approximate surface area is 139 Å². The second kappa shape index (κ2) is 5.32. The van der Waals surface area contributed by atoms with E-state index >= 15 is 0 Å². The van der Waals surface area contributed by atoms with E-state index in [1.165, 1.54) is 0 Å². The number of carbonyl (C=O) groups excluding carboxylic acids is 1. The van der Waals surface area contributed by atoms with Crippen molar-refractivity contribution in [2.45, 2.75) is 31.6 Å². The van der Waals surface area contributed by atoms with Gasteiger partial charge >= 0.3 is 0 Å². The fraction of sp³-hybridized carbons (Fsp3) is 0.625. The van der Waals surface area contributed by atoms with Crippen LogP contribution in [0.3, 0.4) is 0 Å². The molecule has 0 aromatic carbocycles. The molecule has 2 aromatic rings. The van der Waals surface area contributed by atoms with E-state index < -0.39 is 0 Å². The molecule has 4 rings (SSSR count). The molecule has 1 aliphatic carbocycles. The average Bonchev–Trinajstić information content (AvgIpc) is 3.28. The van der Waals surface area contributed by atoms with Gasteiger partial charge in [0.15, 0.2) is 5.82 Å². The van der Waals surface area contributed by atoms with Gasteiger partial charge in [-0.15, -0.1) is 0 Å². The van der Waals surface area contributed by atoms with Gasteiger partial charge < -0.3 is 14.2 Å². The van der Waals surface area contributed by atoms with Crippen LogP contribution in [0.5, 0.6) is 5.88 Å². The van der Waals surface area contributed by atoms with Crippen LogP contribution in [0, 0.1) is 12.8 Å². The molecule has 128 valence electrons. The van der Waals surface area contributed by atoms with E-state index in [0.717, 1.165) is 19.3 Å². The molecule has 0 bridgehead atoms. The number of hydrogen-bond acceptors (Lipinski definition) is 6. The highest BCUT2D eigenvalue weighted by Crippen LogP contribution is 2.50. The number of aromatic nitrogens is 4. The van der Waals surface area contributed by atoms with Gasteiger partial charge in [0.25, 0.3) is 5.91 Å². The number of nitrogens with zero attached hydrogens (tertiary/aromatic N) is 5. The largest absolute Gasteiger partial charge is 0.481 e. The first-order valence-corrected chi connectivity index (χ1v) is 8.21. The second-order valence-corrected chi connectivity index (χ2v) is 6.77. The van der Waals surface area contributed by atoms with Crippen LogP contribution in [-0.4, -0.2) is 50.9 Å². The number of carbonyl (C=O) groups is 1. The molecule has 1 saturated heterocycles. The van der Waals surface area contributed by atoms with Crippen LogP contribution in [0.1, 0.15) is 41.3 Å². The number of fused-ring (bicyclic) bond motifs is 1. The summed E-state index contributed by atoms with van der Waals surface area (Å²) in [6.45, 7) is 3.14. The molecule has 0 N–H and O–H groups in total. The van der Waals surface area contributed by atoms with Crippen molar-refractivity contribution in [3.63, 3.8) is 0 Å². The third-order valence-electron chi connectivity index (χ3n) is 5.42. The Morgan fingerprint density at radius 2 is 2.33 bits per heavy atom. The number of methoxy groups -OCH3 is 1. The summed E-state index contributed by atoms with van der Waals surface area (Å²) >= 11 is 0. The second-order valence-electron chi connectivity index (χ2n) is 6.77. The third-order valence-corrected chi connectivity index (χ3v) is 5.42. The van der Waals surface area contributed by atoms with Crippen LogP contribution in [0.2, 0.25) is 0 Å². The molecule has 1 amide bonds. The third kappa shape index (κ3) is 2.05. The van der Waals surface area contributed by atoms with E-state index in [1.54, 1.807) is 25.0 Å². The molecule has 2 atom stereocenters. The van der Waals surface area contributed by atoms with Crippen molar-refractivity contribution in [1.29, 1.82) is 0 Å². The summed E-state index contributed by atoms with van der Waals surface area (Å²) in [5, 5.41) is 8.09. The molecular weight excluding hydrogens is 310 g/mol. The van der Waals surface area contributed by atoms with Gasteiger partial charge in [-0.05, 0) is 25.7 Å². The molecule has 3 heterocycles. The van der Waals surface area contributed by atoms with Gasteiger partial charge in [-0.3, -0.25) is 4.79 Å². The van der Waals surface area contributed by atoms with Crippen molar-refractivity contribution in [1.82, 2.24) is 24.8 Å². The Hall–Kier alpha value is -2.38. The standard InChI is InChI=1S/C16H21N5O3/c1-10-18-15(24-19-10)16-6-4-5-11(16)8-21(9-16)13(22)12-7-17-20(2)14(12)23-3/h7,11H,4-6,8-9H2,1-3H3/t11-,16-/m0/s1. The zero-order chi connectivity index (χ0) is 16.9. The molecule has 1 saturated carbocycles. The van der Waals surface area contributed by atoms with Gasteiger partial charge in [0.1, 0.15) is 5.56 Å². The Bertz CT molecular complexity index is 783. The molecular formula is C16H21N5O3. The number of amides is 1. The lowest BCUT2D eigenvalue weighted by molar-refractivity contribution is 0.0771. The predicted octanol–water partition coefficient (Wildman–Crippen LogP) is 1.31. The topological polar surface area (TPSA) is 86.3 Å². The van der Waals surface area contributed by atoms with E-state index in [4.69, 9.17) is 9.26 Å². The molecule has 24 heavy (non-hydrogen) atoms. The Balaban J connectivity index is 1.64. The highest BCUT2D eigenvalue weighted by molar-refractivity contribution is 5.96. The number of rotatable bonds is 3. The first kappa shape index (κ1) is 15.2. The van der Waals surface area contributed by atoms with Crippen molar-refractivity contribution >= 4 is 5.91 Å². The summed E-state index contributed by atoms with van der Waals surface area (Å²) in [6.07, 6.45) is 4.76. The van der Waals surface area contributed by atoms with Crippen LogP contribution in [-0.2, 0) is 12.5 Å². The molecule has 8 nitrogen and oxygen atoms in total. The molecule has 2 aromatic heterocycles. The van der Waals surface area contributed by atoms with Crippen LogP contribution < -0.4 is 4.74 Å². The molecule has 2 fully saturated rings. The number of likely N-dealkylation sites (tertiary alicyclic amines) is 1. The van der Waals surface area contributed by atoms with Crippen molar-refractivity contribution in [3.05, 3.63) is 23.5 Å². The van der Waals surface area contributed by atoms with Gasteiger partial charge in [0, 0.05) is 20.1 Å². The highest BCUT2D eigenvalue weighted by atomic mass is 16.5. The lowest BCUT2D eigenvalue weighted by atomic mass is 9.80. The molecule has 0 radical (unpaired) electrons. The quantitative estimate of drug-likeness (QED) is 0.843. The van der Waals surface area contributed by atoms with Crippen LogP contribution in [0.4, 0.5) is 0 Å². The van der Waals surface area contributed by atoms with Crippen LogP contribution >= 0.6 is 0 Å². The minimum atomic E-state index is -0.202. The maximum atomic E-state index is 13.0. The minimum Gasteiger partial charge on any atom is -0.481 e. The van der Waals surface area contributed by atoms with E-state index in [9.17, 15) is 4.79 Å². The average molecular weight is 331 g/mol. The van der Waals surface area contributed by atoms with Crippen molar-refractivity contribution in [2.24, 2.45) is 13.0 Å². The Morgan fingerprint density at radius 1 is 1.50 bits per heavy atom. The Morgan fingerprint density at radius 3 is 3.04 bits per heavy atom. The minimum absolute atomic E-state index is 0.0510.